The molecule has 3 aromatic rings. The van der Waals surface area contributed by atoms with Crippen molar-refractivity contribution in [3.63, 3.8) is 0 Å². The summed E-state index contributed by atoms with van der Waals surface area (Å²) in [5.74, 6) is -0.661. The van der Waals surface area contributed by atoms with Gasteiger partial charge in [-0.1, -0.05) is 29.5 Å². The van der Waals surface area contributed by atoms with Crippen molar-refractivity contribution in [2.75, 3.05) is 11.9 Å². The maximum atomic E-state index is 12.6. The summed E-state index contributed by atoms with van der Waals surface area (Å²) in [5.41, 5.74) is 0.869. The first-order valence-corrected chi connectivity index (χ1v) is 9.70. The first kappa shape index (κ1) is 20.0. The maximum Gasteiger partial charge on any atom is 0.273 e. The lowest BCUT2D eigenvalue weighted by Crippen LogP contribution is -2.35. The molecule has 0 bridgehead atoms. The summed E-state index contributed by atoms with van der Waals surface area (Å²) in [6, 6.07) is 8.45. The molecule has 0 radical (unpaired) electrons. The Morgan fingerprint density at radius 2 is 1.89 bits per heavy atom. The highest BCUT2D eigenvalue weighted by atomic mass is 32.1. The zero-order valence-corrected chi connectivity index (χ0v) is 17.0. The van der Waals surface area contributed by atoms with Gasteiger partial charge in [-0.15, -0.1) is 0 Å². The number of carbonyl (C=O) groups excluding carboxylic acids is 2. The molecule has 0 aliphatic carbocycles. The van der Waals surface area contributed by atoms with E-state index >= 15 is 0 Å². The van der Waals surface area contributed by atoms with Crippen LogP contribution in [0, 0.1) is 0 Å². The molecular formula is C19H23N5O3S. The third kappa shape index (κ3) is 4.05. The van der Waals surface area contributed by atoms with E-state index in [2.05, 4.69) is 20.7 Å². The number of thiazole rings is 1. The predicted molar refractivity (Wildman–Crippen MR) is 109 cm³/mol. The highest BCUT2D eigenvalue weighted by Gasteiger charge is 2.27. The molecule has 3 rings (SSSR count). The van der Waals surface area contributed by atoms with Crippen molar-refractivity contribution in [3.8, 4) is 0 Å². The van der Waals surface area contributed by atoms with Crippen molar-refractivity contribution in [3.05, 3.63) is 41.6 Å². The number of amides is 2. The first-order chi connectivity index (χ1) is 13.2. The van der Waals surface area contributed by atoms with E-state index < -0.39 is 11.6 Å². The van der Waals surface area contributed by atoms with E-state index in [1.165, 1.54) is 11.3 Å². The molecule has 2 heterocycles. The van der Waals surface area contributed by atoms with E-state index in [1.807, 2.05) is 26.8 Å². The lowest BCUT2D eigenvalue weighted by molar-refractivity contribution is 0.0917. The second-order valence-corrected chi connectivity index (χ2v) is 8.48. The highest BCUT2D eigenvalue weighted by molar-refractivity contribution is 7.22. The molecule has 2 amide bonds. The Kier molecular flexibility index (Phi) is 5.48. The van der Waals surface area contributed by atoms with Gasteiger partial charge in [0, 0.05) is 11.6 Å². The number of aliphatic hydroxyl groups excluding tert-OH is 1. The average Bonchev–Trinajstić information content (AvgIpc) is 3.20. The standard InChI is InChI=1S/C19H23N5O3S/c1-11(10-25)20-17(27)13-14-15(24(23-13)19(2,3)4)21-18(28-14)22-16(26)12-8-6-5-7-9-12/h5-9,11,25H,10H2,1-4H3,(H,20,27)(H,21,22,26)/t11-/m1/s1. The Hall–Kier alpha value is -2.78. The number of fused-ring (bicyclic) bond motifs is 1. The smallest absolute Gasteiger partial charge is 0.273 e. The van der Waals surface area contributed by atoms with Gasteiger partial charge in [0.05, 0.1) is 12.1 Å². The lowest BCUT2D eigenvalue weighted by Gasteiger charge is -2.19. The fourth-order valence-electron chi connectivity index (χ4n) is 2.57. The monoisotopic (exact) mass is 401 g/mol. The van der Waals surface area contributed by atoms with Crippen LogP contribution in [0.2, 0.25) is 0 Å². The molecule has 0 fully saturated rings. The summed E-state index contributed by atoms with van der Waals surface area (Å²) in [6.45, 7) is 7.40. The number of hydrogen-bond donors (Lipinski definition) is 3. The quantitative estimate of drug-likeness (QED) is 0.609. The molecule has 28 heavy (non-hydrogen) atoms. The summed E-state index contributed by atoms with van der Waals surface area (Å²) < 4.78 is 2.26. The van der Waals surface area contributed by atoms with E-state index in [9.17, 15) is 14.7 Å². The minimum atomic E-state index is -0.409. The lowest BCUT2D eigenvalue weighted by atomic mass is 10.1. The molecule has 148 valence electrons. The molecule has 1 aromatic carbocycles. The predicted octanol–water partition coefficient (Wildman–Crippen LogP) is 2.61. The third-order valence-electron chi connectivity index (χ3n) is 3.98. The topological polar surface area (TPSA) is 109 Å². The van der Waals surface area contributed by atoms with Gasteiger partial charge in [0.1, 0.15) is 4.70 Å². The van der Waals surface area contributed by atoms with Crippen LogP contribution in [0.25, 0.3) is 10.3 Å². The van der Waals surface area contributed by atoms with Gasteiger partial charge in [0.25, 0.3) is 11.8 Å². The zero-order chi connectivity index (χ0) is 20.5. The van der Waals surface area contributed by atoms with Gasteiger partial charge >= 0.3 is 0 Å². The Balaban J connectivity index is 1.99. The normalized spacial score (nSPS) is 12.8. The number of aliphatic hydroxyl groups is 1. The summed E-state index contributed by atoms with van der Waals surface area (Å²) >= 11 is 1.20. The van der Waals surface area contributed by atoms with Gasteiger partial charge in [0.15, 0.2) is 16.5 Å². The maximum absolute atomic E-state index is 12.6. The van der Waals surface area contributed by atoms with Crippen LogP contribution in [-0.2, 0) is 5.54 Å². The van der Waals surface area contributed by atoms with E-state index in [4.69, 9.17) is 0 Å². The minimum Gasteiger partial charge on any atom is -0.394 e. The highest BCUT2D eigenvalue weighted by Crippen LogP contribution is 2.32. The number of hydrogen-bond acceptors (Lipinski definition) is 6. The summed E-state index contributed by atoms with van der Waals surface area (Å²) in [6.07, 6.45) is 0. The second kappa shape index (κ2) is 7.69. The van der Waals surface area contributed by atoms with Crippen LogP contribution in [0.1, 0.15) is 48.5 Å². The van der Waals surface area contributed by atoms with Crippen LogP contribution in [0.4, 0.5) is 5.13 Å². The number of aromatic nitrogens is 3. The van der Waals surface area contributed by atoms with Crippen molar-refractivity contribution in [1.29, 1.82) is 0 Å². The van der Waals surface area contributed by atoms with Gasteiger partial charge in [0.2, 0.25) is 0 Å². The molecule has 0 saturated carbocycles. The minimum absolute atomic E-state index is 0.171. The molecule has 1 atom stereocenters. The Morgan fingerprint density at radius 1 is 1.21 bits per heavy atom. The molecule has 0 aliphatic heterocycles. The van der Waals surface area contributed by atoms with E-state index in [1.54, 1.807) is 35.9 Å². The third-order valence-corrected chi connectivity index (χ3v) is 4.95. The number of carbonyl (C=O) groups is 2. The Bertz CT molecular complexity index is 1000. The molecule has 0 unspecified atom stereocenters. The van der Waals surface area contributed by atoms with Crippen molar-refractivity contribution in [1.82, 2.24) is 20.1 Å². The molecule has 0 aliphatic rings. The van der Waals surface area contributed by atoms with Crippen LogP contribution < -0.4 is 10.6 Å². The van der Waals surface area contributed by atoms with Crippen molar-refractivity contribution in [2.45, 2.75) is 39.3 Å². The Morgan fingerprint density at radius 3 is 2.50 bits per heavy atom. The van der Waals surface area contributed by atoms with Crippen LogP contribution in [-0.4, -0.2) is 44.3 Å². The number of anilines is 1. The van der Waals surface area contributed by atoms with Gasteiger partial charge in [-0.25, -0.2) is 4.68 Å². The average molecular weight is 401 g/mol. The number of rotatable bonds is 5. The molecule has 9 heteroatoms. The molecule has 3 N–H and O–H groups in total. The fourth-order valence-corrected chi connectivity index (χ4v) is 3.49. The van der Waals surface area contributed by atoms with Crippen molar-refractivity contribution < 1.29 is 14.7 Å². The number of nitrogens with zero attached hydrogens (tertiary/aromatic N) is 3. The van der Waals surface area contributed by atoms with Gasteiger partial charge in [-0.2, -0.15) is 10.1 Å². The van der Waals surface area contributed by atoms with Crippen LogP contribution >= 0.6 is 11.3 Å². The van der Waals surface area contributed by atoms with Gasteiger partial charge in [-0.3, -0.25) is 14.9 Å². The number of nitrogens with one attached hydrogen (secondary N) is 2. The SMILES string of the molecule is C[C@H](CO)NC(=O)c1nn(C(C)(C)C)c2nc(NC(=O)c3ccccc3)sc12. The summed E-state index contributed by atoms with van der Waals surface area (Å²) in [4.78, 5) is 29.5. The molecule has 8 nitrogen and oxygen atoms in total. The van der Waals surface area contributed by atoms with Crippen molar-refractivity contribution in [2.24, 2.45) is 0 Å². The van der Waals surface area contributed by atoms with Crippen LogP contribution in [0.15, 0.2) is 30.3 Å². The molecular weight excluding hydrogens is 378 g/mol. The zero-order valence-electron chi connectivity index (χ0n) is 16.2. The largest absolute Gasteiger partial charge is 0.394 e. The van der Waals surface area contributed by atoms with Crippen LogP contribution in [0.3, 0.4) is 0 Å². The van der Waals surface area contributed by atoms with E-state index in [0.29, 0.717) is 21.0 Å². The fraction of sp³-hybridized carbons (Fsp3) is 0.368. The first-order valence-electron chi connectivity index (χ1n) is 8.89. The van der Waals surface area contributed by atoms with E-state index in [0.717, 1.165) is 0 Å². The van der Waals surface area contributed by atoms with Crippen LogP contribution in [0.5, 0.6) is 0 Å². The van der Waals surface area contributed by atoms with Gasteiger partial charge < -0.3 is 10.4 Å². The summed E-state index contributed by atoms with van der Waals surface area (Å²) in [7, 11) is 0. The summed E-state index contributed by atoms with van der Waals surface area (Å²) in [5, 5.41) is 19.5. The second-order valence-electron chi connectivity index (χ2n) is 7.48. The van der Waals surface area contributed by atoms with Crippen molar-refractivity contribution >= 4 is 38.6 Å². The van der Waals surface area contributed by atoms with E-state index in [-0.39, 0.29) is 24.1 Å². The molecule has 0 saturated heterocycles. The Labute approximate surface area is 166 Å². The number of benzene rings is 1. The molecule has 2 aromatic heterocycles. The van der Waals surface area contributed by atoms with Gasteiger partial charge in [-0.05, 0) is 39.8 Å². The molecule has 0 spiro atoms.